The van der Waals surface area contributed by atoms with Gasteiger partial charge in [0.15, 0.2) is 34.5 Å². The third-order valence-corrected chi connectivity index (χ3v) is 8.75. The van der Waals surface area contributed by atoms with E-state index in [0.29, 0.717) is 41.6 Å². The van der Waals surface area contributed by atoms with E-state index in [9.17, 15) is 10.2 Å². The van der Waals surface area contributed by atoms with Crippen LogP contribution in [0.4, 0.5) is 0 Å². The number of aromatic nitrogens is 1. The minimum atomic E-state index is -0.141. The number of nitrogens with zero attached hydrogens (tertiary/aromatic N) is 2. The molecule has 0 fully saturated rings. The van der Waals surface area contributed by atoms with E-state index in [2.05, 4.69) is 24.1 Å². The van der Waals surface area contributed by atoms with Crippen LogP contribution in [0.5, 0.6) is 40.2 Å². The number of benzene rings is 4. The molecule has 0 saturated heterocycles. The Kier molecular flexibility index (Phi) is 7.14. The summed E-state index contributed by atoms with van der Waals surface area (Å²) in [7, 11) is 5.26. The molecular weight excluding hydrogens is 556 g/mol. The smallest absolute Gasteiger partial charge is 0.204 e. The van der Waals surface area contributed by atoms with Gasteiger partial charge in [-0.2, -0.15) is 0 Å². The van der Waals surface area contributed by atoms with E-state index < -0.39 is 0 Å². The summed E-state index contributed by atoms with van der Waals surface area (Å²) >= 11 is 0. The first-order valence-corrected chi connectivity index (χ1v) is 14.7. The van der Waals surface area contributed by atoms with Gasteiger partial charge in [0, 0.05) is 36.2 Å². The fraction of sp³-hybridized carbons (Fsp3) is 0.250. The zero-order chi connectivity index (χ0) is 30.4. The average Bonchev–Trinajstić information content (AvgIpc) is 3.03. The van der Waals surface area contributed by atoms with Crippen molar-refractivity contribution in [3.8, 4) is 40.2 Å². The number of rotatable bonds is 2. The first kappa shape index (κ1) is 27.9. The predicted octanol–water partition coefficient (Wildman–Crippen LogP) is 6.71. The van der Waals surface area contributed by atoms with Gasteiger partial charge in [0.05, 0.1) is 19.9 Å². The summed E-state index contributed by atoms with van der Waals surface area (Å²) in [6.45, 7) is 1.09. The molecule has 2 N–H and O–H groups in total. The van der Waals surface area contributed by atoms with E-state index in [0.717, 1.165) is 57.2 Å². The van der Waals surface area contributed by atoms with Crippen LogP contribution in [0.2, 0.25) is 0 Å². The Morgan fingerprint density at radius 1 is 0.864 bits per heavy atom. The molecule has 0 spiro atoms. The van der Waals surface area contributed by atoms with Crippen molar-refractivity contribution in [1.82, 2.24) is 9.88 Å². The maximum Gasteiger partial charge on any atom is 0.204 e. The molecule has 44 heavy (non-hydrogen) atoms. The predicted molar refractivity (Wildman–Crippen MR) is 167 cm³/mol. The molecular formula is C36H34N2O6. The van der Waals surface area contributed by atoms with Gasteiger partial charge in [0.1, 0.15) is 6.61 Å². The third-order valence-electron chi connectivity index (χ3n) is 8.75. The number of hydrogen-bond donors (Lipinski definition) is 2. The summed E-state index contributed by atoms with van der Waals surface area (Å²) in [5.41, 5.74) is 5.75. The SMILES string of the molecule is COc1cc2ccnc3c2cc1Oc1cc(ccc1O)C[C@H]1c2c(cc(OC)c(c2O)OCc2ccc(cc2)C3)CCN1C. The molecule has 3 aliphatic rings. The second-order valence-corrected chi connectivity index (χ2v) is 11.4. The lowest BCUT2D eigenvalue weighted by atomic mass is 9.87. The van der Waals surface area contributed by atoms with E-state index in [4.69, 9.17) is 23.9 Å². The minimum absolute atomic E-state index is 0.0187. The summed E-state index contributed by atoms with van der Waals surface area (Å²) in [6.07, 6.45) is 3.76. The maximum atomic E-state index is 11.7. The largest absolute Gasteiger partial charge is 0.504 e. The Hall–Kier alpha value is -4.95. The number of likely N-dealkylation sites (N-methyl/N-ethyl adjacent to an activating group) is 1. The molecule has 1 atom stereocenters. The highest BCUT2D eigenvalue weighted by Gasteiger charge is 2.32. The number of fused-ring (bicyclic) bond motifs is 3. The zero-order valence-corrected chi connectivity index (χ0v) is 25.0. The monoisotopic (exact) mass is 590 g/mol. The Balaban J connectivity index is 1.40. The third kappa shape index (κ3) is 5.01. The van der Waals surface area contributed by atoms with Gasteiger partial charge in [-0.15, -0.1) is 0 Å². The molecule has 0 aliphatic carbocycles. The molecule has 4 heterocycles. The number of ether oxygens (including phenoxy) is 4. The van der Waals surface area contributed by atoms with Crippen LogP contribution in [-0.2, 0) is 25.9 Å². The van der Waals surface area contributed by atoms with Crippen molar-refractivity contribution in [2.24, 2.45) is 0 Å². The molecule has 224 valence electrons. The van der Waals surface area contributed by atoms with E-state index >= 15 is 0 Å². The Morgan fingerprint density at radius 2 is 1.64 bits per heavy atom. The van der Waals surface area contributed by atoms with Gasteiger partial charge >= 0.3 is 0 Å². The number of aromatic hydroxyl groups is 2. The number of methoxy groups -OCH3 is 2. The van der Waals surface area contributed by atoms with E-state index in [1.807, 2.05) is 48.5 Å². The van der Waals surface area contributed by atoms with Crippen LogP contribution in [0.15, 0.2) is 72.9 Å². The highest BCUT2D eigenvalue weighted by Crippen LogP contribution is 2.48. The van der Waals surface area contributed by atoms with Gasteiger partial charge in [-0.25, -0.2) is 0 Å². The minimum Gasteiger partial charge on any atom is -0.504 e. The molecule has 0 saturated carbocycles. The lowest BCUT2D eigenvalue weighted by molar-refractivity contribution is 0.216. The van der Waals surface area contributed by atoms with E-state index in [-0.39, 0.29) is 24.1 Å². The maximum absolute atomic E-state index is 11.7. The van der Waals surface area contributed by atoms with Crippen molar-refractivity contribution in [3.05, 3.63) is 106 Å². The van der Waals surface area contributed by atoms with Gasteiger partial charge < -0.3 is 29.2 Å². The van der Waals surface area contributed by atoms with Gasteiger partial charge in [-0.1, -0.05) is 30.3 Å². The number of hydrogen-bond acceptors (Lipinski definition) is 8. The molecule has 8 nitrogen and oxygen atoms in total. The summed E-state index contributed by atoms with van der Waals surface area (Å²) in [5.74, 6) is 2.32. The summed E-state index contributed by atoms with van der Waals surface area (Å²) in [5, 5.41) is 24.5. The number of phenolic OH excluding ortho intramolecular Hbond substituents is 2. The molecule has 1 aromatic heterocycles. The van der Waals surface area contributed by atoms with E-state index in [1.165, 1.54) is 0 Å². The van der Waals surface area contributed by atoms with Crippen molar-refractivity contribution in [2.45, 2.75) is 31.9 Å². The Morgan fingerprint density at radius 3 is 2.43 bits per heavy atom. The highest BCUT2D eigenvalue weighted by molar-refractivity contribution is 5.88. The van der Waals surface area contributed by atoms with Crippen molar-refractivity contribution in [3.63, 3.8) is 0 Å². The quantitative estimate of drug-likeness (QED) is 0.234. The van der Waals surface area contributed by atoms with Crippen molar-refractivity contribution >= 4 is 10.8 Å². The lowest BCUT2D eigenvalue weighted by Crippen LogP contribution is -2.33. The fourth-order valence-corrected chi connectivity index (χ4v) is 6.33. The van der Waals surface area contributed by atoms with Crippen LogP contribution in [-0.4, -0.2) is 47.9 Å². The topological polar surface area (TPSA) is 93.5 Å². The summed E-state index contributed by atoms with van der Waals surface area (Å²) in [6, 6.07) is 21.2. The molecule has 8 bridgehead atoms. The van der Waals surface area contributed by atoms with Gasteiger partial charge in [-0.3, -0.25) is 9.88 Å². The average molecular weight is 591 g/mol. The molecule has 8 heteroatoms. The highest BCUT2D eigenvalue weighted by atomic mass is 16.5. The second-order valence-electron chi connectivity index (χ2n) is 11.4. The van der Waals surface area contributed by atoms with Crippen LogP contribution in [0.1, 0.15) is 39.6 Å². The molecule has 8 rings (SSSR count). The zero-order valence-electron chi connectivity index (χ0n) is 25.0. The molecule has 0 amide bonds. The number of pyridine rings is 1. The van der Waals surface area contributed by atoms with Gasteiger partial charge in [0.2, 0.25) is 5.75 Å². The van der Waals surface area contributed by atoms with Crippen LogP contribution < -0.4 is 18.9 Å². The standard InChI is InChI=1S/C36H34N2O6/c1-38-13-11-25-18-33(42-3)36-35(40)34(25)28(38)15-23-8-9-29(39)30(16-23)44-32-19-26-24(17-31(32)41-2)10-12-37-27(26)14-21-4-6-22(7-5-21)20-43-36/h4-10,12,16-19,28,39-40H,11,13-15,20H2,1-3H3/t28-/m0/s1. The van der Waals surface area contributed by atoms with Crippen molar-refractivity contribution < 1.29 is 29.2 Å². The van der Waals surface area contributed by atoms with Crippen LogP contribution in [0.3, 0.4) is 0 Å². The molecule has 0 unspecified atom stereocenters. The normalized spacial score (nSPS) is 16.3. The first-order valence-electron chi connectivity index (χ1n) is 14.7. The van der Waals surface area contributed by atoms with Crippen molar-refractivity contribution in [1.29, 1.82) is 0 Å². The van der Waals surface area contributed by atoms with Crippen molar-refractivity contribution in [2.75, 3.05) is 27.8 Å². The van der Waals surface area contributed by atoms with E-state index in [1.54, 1.807) is 26.5 Å². The van der Waals surface area contributed by atoms with Crippen LogP contribution in [0.25, 0.3) is 10.8 Å². The first-order chi connectivity index (χ1) is 21.4. The Bertz CT molecular complexity index is 1870. The lowest BCUT2D eigenvalue weighted by Gasteiger charge is -2.36. The second kappa shape index (κ2) is 11.3. The fourth-order valence-electron chi connectivity index (χ4n) is 6.33. The molecule has 3 aliphatic heterocycles. The summed E-state index contributed by atoms with van der Waals surface area (Å²) in [4.78, 5) is 6.94. The molecule has 5 aromatic rings. The number of phenols is 2. The Labute approximate surface area is 256 Å². The van der Waals surface area contributed by atoms with Gasteiger partial charge in [0.25, 0.3) is 0 Å². The van der Waals surface area contributed by atoms with Crippen LogP contribution >= 0.6 is 0 Å². The molecule has 4 aromatic carbocycles. The summed E-state index contributed by atoms with van der Waals surface area (Å²) < 4.78 is 24.0. The van der Waals surface area contributed by atoms with Crippen LogP contribution in [0, 0.1) is 0 Å². The molecule has 0 radical (unpaired) electrons. The van der Waals surface area contributed by atoms with Gasteiger partial charge in [-0.05, 0) is 83.9 Å².